The first-order chi connectivity index (χ1) is 8.13. The van der Waals surface area contributed by atoms with Crippen LogP contribution in [0.15, 0.2) is 41.1 Å². The van der Waals surface area contributed by atoms with Gasteiger partial charge in [-0.25, -0.2) is 0 Å². The highest BCUT2D eigenvalue weighted by molar-refractivity contribution is 5.97. The van der Waals surface area contributed by atoms with Crippen LogP contribution in [0.5, 0.6) is 0 Å². The molecule has 4 heteroatoms. The van der Waals surface area contributed by atoms with Crippen LogP contribution < -0.4 is 11.1 Å². The molecule has 0 aliphatic rings. The fraction of sp³-hybridized carbons (Fsp3) is 0.308. The number of nitrogens with zero attached hydrogens (tertiary/aromatic N) is 1. The van der Waals surface area contributed by atoms with Crippen molar-refractivity contribution in [2.45, 2.75) is 20.4 Å². The van der Waals surface area contributed by atoms with Gasteiger partial charge in [-0.05, 0) is 25.5 Å². The number of hydrogen-bond acceptors (Lipinski definition) is 3. The maximum absolute atomic E-state index is 8.59. The van der Waals surface area contributed by atoms with Crippen LogP contribution in [-0.2, 0) is 6.54 Å². The van der Waals surface area contributed by atoms with E-state index in [1.54, 1.807) is 0 Å². The summed E-state index contributed by atoms with van der Waals surface area (Å²) in [7, 11) is 0. The lowest BCUT2D eigenvalue weighted by molar-refractivity contribution is 0.318. The van der Waals surface area contributed by atoms with Crippen LogP contribution in [0.1, 0.15) is 25.0 Å². The zero-order valence-electron chi connectivity index (χ0n) is 10.3. The molecule has 0 fully saturated rings. The highest BCUT2D eigenvalue weighted by atomic mass is 16.4. The van der Waals surface area contributed by atoms with Gasteiger partial charge >= 0.3 is 0 Å². The highest BCUT2D eigenvalue weighted by Gasteiger charge is 1.99. The zero-order chi connectivity index (χ0) is 12.7. The molecule has 0 unspecified atom stereocenters. The molecule has 0 saturated carbocycles. The Kier molecular flexibility index (Phi) is 5.23. The molecule has 0 aliphatic heterocycles. The van der Waals surface area contributed by atoms with Gasteiger partial charge in [0, 0.05) is 18.7 Å². The predicted octanol–water partition coefficient (Wildman–Crippen LogP) is 1.84. The normalized spacial score (nSPS) is 11.3. The van der Waals surface area contributed by atoms with Crippen molar-refractivity contribution in [1.82, 2.24) is 5.32 Å². The van der Waals surface area contributed by atoms with Crippen LogP contribution >= 0.6 is 0 Å². The Hall–Kier alpha value is -1.81. The number of amidine groups is 1. The largest absolute Gasteiger partial charge is 0.409 e. The molecular weight excluding hydrogens is 214 g/mol. The Labute approximate surface area is 102 Å². The molecule has 0 aromatic heterocycles. The van der Waals surface area contributed by atoms with E-state index >= 15 is 0 Å². The lowest BCUT2D eigenvalue weighted by Crippen LogP contribution is -2.16. The molecule has 92 valence electrons. The minimum Gasteiger partial charge on any atom is -0.409 e. The summed E-state index contributed by atoms with van der Waals surface area (Å²) in [6.45, 7) is 5.74. The summed E-state index contributed by atoms with van der Waals surface area (Å²) in [5, 5.41) is 14.9. The van der Waals surface area contributed by atoms with Crippen molar-refractivity contribution in [2.24, 2.45) is 10.9 Å². The number of oxime groups is 1. The van der Waals surface area contributed by atoms with Gasteiger partial charge in [0.2, 0.25) is 0 Å². The average Bonchev–Trinajstić information content (AvgIpc) is 2.34. The fourth-order valence-corrected chi connectivity index (χ4v) is 1.39. The summed E-state index contributed by atoms with van der Waals surface area (Å²) in [5.74, 6) is 0.135. The summed E-state index contributed by atoms with van der Waals surface area (Å²) < 4.78 is 0. The third-order valence-corrected chi connectivity index (χ3v) is 2.31. The van der Waals surface area contributed by atoms with Crippen molar-refractivity contribution in [1.29, 1.82) is 0 Å². The van der Waals surface area contributed by atoms with Gasteiger partial charge in [0.05, 0.1) is 0 Å². The lowest BCUT2D eigenvalue weighted by Gasteiger charge is -2.05. The van der Waals surface area contributed by atoms with Crippen LogP contribution in [-0.4, -0.2) is 17.6 Å². The second-order valence-electron chi connectivity index (χ2n) is 4.10. The topological polar surface area (TPSA) is 70.6 Å². The van der Waals surface area contributed by atoms with E-state index in [0.717, 1.165) is 24.2 Å². The smallest absolute Gasteiger partial charge is 0.170 e. The van der Waals surface area contributed by atoms with Crippen molar-refractivity contribution in [3.05, 3.63) is 47.0 Å². The summed E-state index contributed by atoms with van der Waals surface area (Å²) in [6.07, 6.45) is 2.13. The molecule has 0 amide bonds. The maximum Gasteiger partial charge on any atom is 0.170 e. The van der Waals surface area contributed by atoms with Gasteiger partial charge in [0.15, 0.2) is 5.84 Å². The third kappa shape index (κ3) is 4.70. The molecule has 0 heterocycles. The predicted molar refractivity (Wildman–Crippen MR) is 70.1 cm³/mol. The standard InChI is InChI=1S/C13H19N3O/c1-10(2)6-7-15-9-11-4-3-5-12(8-11)13(14)16-17/h3-6,8,15,17H,7,9H2,1-2H3,(H2,14,16). The van der Waals surface area contributed by atoms with Gasteiger partial charge < -0.3 is 16.3 Å². The first-order valence-corrected chi connectivity index (χ1v) is 5.54. The molecule has 17 heavy (non-hydrogen) atoms. The number of nitrogens with two attached hydrogens (primary N) is 1. The first-order valence-electron chi connectivity index (χ1n) is 5.54. The van der Waals surface area contributed by atoms with Crippen LogP contribution in [0.3, 0.4) is 0 Å². The number of rotatable bonds is 5. The molecular formula is C13H19N3O. The van der Waals surface area contributed by atoms with Crippen molar-refractivity contribution in [3.8, 4) is 0 Å². The molecule has 1 rings (SSSR count). The SMILES string of the molecule is CC(C)=CCNCc1cccc(/C(N)=N/O)c1. The van der Waals surface area contributed by atoms with Gasteiger partial charge in [-0.1, -0.05) is 35.0 Å². The number of benzene rings is 1. The van der Waals surface area contributed by atoms with Crippen molar-refractivity contribution < 1.29 is 5.21 Å². The van der Waals surface area contributed by atoms with Crippen LogP contribution in [0.25, 0.3) is 0 Å². The minimum absolute atomic E-state index is 0.135. The van der Waals surface area contributed by atoms with Crippen molar-refractivity contribution >= 4 is 5.84 Å². The Balaban J connectivity index is 2.57. The van der Waals surface area contributed by atoms with E-state index in [0.29, 0.717) is 0 Å². The first kappa shape index (κ1) is 13.3. The molecule has 0 bridgehead atoms. The molecule has 0 radical (unpaired) electrons. The van der Waals surface area contributed by atoms with E-state index in [9.17, 15) is 0 Å². The van der Waals surface area contributed by atoms with Crippen molar-refractivity contribution in [3.63, 3.8) is 0 Å². The zero-order valence-corrected chi connectivity index (χ0v) is 10.3. The molecule has 0 spiro atoms. The third-order valence-electron chi connectivity index (χ3n) is 2.31. The Morgan fingerprint density at radius 1 is 1.47 bits per heavy atom. The van der Waals surface area contributed by atoms with E-state index in [2.05, 4.69) is 30.4 Å². The molecule has 0 saturated heterocycles. The molecule has 1 aromatic rings. The van der Waals surface area contributed by atoms with Gasteiger partial charge in [0.25, 0.3) is 0 Å². The second kappa shape index (κ2) is 6.70. The fourth-order valence-electron chi connectivity index (χ4n) is 1.39. The Morgan fingerprint density at radius 2 is 2.24 bits per heavy atom. The summed E-state index contributed by atoms with van der Waals surface area (Å²) >= 11 is 0. The summed E-state index contributed by atoms with van der Waals surface area (Å²) in [4.78, 5) is 0. The van der Waals surface area contributed by atoms with Gasteiger partial charge in [0.1, 0.15) is 0 Å². The van der Waals surface area contributed by atoms with E-state index < -0.39 is 0 Å². The van der Waals surface area contributed by atoms with Gasteiger partial charge in [-0.15, -0.1) is 0 Å². The lowest BCUT2D eigenvalue weighted by atomic mass is 10.1. The molecule has 4 N–H and O–H groups in total. The van der Waals surface area contributed by atoms with Crippen LogP contribution in [0.4, 0.5) is 0 Å². The Morgan fingerprint density at radius 3 is 2.88 bits per heavy atom. The van der Waals surface area contributed by atoms with Crippen LogP contribution in [0, 0.1) is 0 Å². The number of allylic oxidation sites excluding steroid dienone is 1. The van der Waals surface area contributed by atoms with E-state index in [-0.39, 0.29) is 5.84 Å². The molecule has 4 nitrogen and oxygen atoms in total. The second-order valence-corrected chi connectivity index (χ2v) is 4.10. The highest BCUT2D eigenvalue weighted by Crippen LogP contribution is 2.04. The maximum atomic E-state index is 8.59. The van der Waals surface area contributed by atoms with E-state index in [1.807, 2.05) is 24.3 Å². The molecule has 1 aromatic carbocycles. The Bertz CT molecular complexity index is 420. The van der Waals surface area contributed by atoms with Crippen LogP contribution in [0.2, 0.25) is 0 Å². The van der Waals surface area contributed by atoms with Gasteiger partial charge in [-0.3, -0.25) is 0 Å². The van der Waals surface area contributed by atoms with E-state index in [1.165, 1.54) is 5.57 Å². The molecule has 0 atom stereocenters. The van der Waals surface area contributed by atoms with Gasteiger partial charge in [-0.2, -0.15) is 0 Å². The minimum atomic E-state index is 0.135. The van der Waals surface area contributed by atoms with E-state index in [4.69, 9.17) is 10.9 Å². The monoisotopic (exact) mass is 233 g/mol. The molecule has 0 aliphatic carbocycles. The van der Waals surface area contributed by atoms with Crippen molar-refractivity contribution in [2.75, 3.05) is 6.54 Å². The number of hydrogen-bond donors (Lipinski definition) is 3. The number of nitrogens with one attached hydrogen (secondary N) is 1. The summed E-state index contributed by atoms with van der Waals surface area (Å²) in [5.41, 5.74) is 8.66. The summed E-state index contributed by atoms with van der Waals surface area (Å²) in [6, 6.07) is 7.62. The quantitative estimate of drug-likeness (QED) is 0.181. The average molecular weight is 233 g/mol.